The normalized spacial score (nSPS) is 15.6. The second-order valence-electron chi connectivity index (χ2n) is 3.86. The number of ether oxygens (including phenoxy) is 1. The minimum Gasteiger partial charge on any atom is -0.371 e. The van der Waals surface area contributed by atoms with Crippen LogP contribution in [0.15, 0.2) is 4.52 Å². The van der Waals surface area contributed by atoms with Gasteiger partial charge in [-0.3, -0.25) is 0 Å². The molecule has 0 aromatic carbocycles. The Morgan fingerprint density at radius 2 is 2.07 bits per heavy atom. The Morgan fingerprint density at radius 1 is 1.40 bits per heavy atom. The highest BCUT2D eigenvalue weighted by Gasteiger charge is 2.20. The fourth-order valence-corrected chi connectivity index (χ4v) is 1.16. The first-order chi connectivity index (χ1) is 7.06. The highest BCUT2D eigenvalue weighted by molar-refractivity contribution is 4.95. The summed E-state index contributed by atoms with van der Waals surface area (Å²) in [5, 5.41) is 3.85. The van der Waals surface area contributed by atoms with Gasteiger partial charge in [-0.2, -0.15) is 4.98 Å². The van der Waals surface area contributed by atoms with E-state index in [0.717, 1.165) is 0 Å². The van der Waals surface area contributed by atoms with Crippen molar-refractivity contribution < 1.29 is 9.26 Å². The fourth-order valence-electron chi connectivity index (χ4n) is 1.16. The number of nitrogens with zero attached hydrogens (tertiary/aromatic N) is 2. The number of rotatable bonds is 5. The van der Waals surface area contributed by atoms with Crippen LogP contribution in [0.3, 0.4) is 0 Å². The molecule has 0 spiro atoms. The van der Waals surface area contributed by atoms with Crippen molar-refractivity contribution in [3.63, 3.8) is 0 Å². The minimum atomic E-state index is -0.208. The van der Waals surface area contributed by atoms with E-state index < -0.39 is 0 Å². The third kappa shape index (κ3) is 3.00. The summed E-state index contributed by atoms with van der Waals surface area (Å²) in [4.78, 5) is 4.22. The third-order valence-electron chi connectivity index (χ3n) is 2.24. The lowest BCUT2D eigenvalue weighted by Gasteiger charge is -2.09. The van der Waals surface area contributed by atoms with Crippen molar-refractivity contribution >= 4 is 0 Å². The van der Waals surface area contributed by atoms with Gasteiger partial charge in [0.2, 0.25) is 5.89 Å². The van der Waals surface area contributed by atoms with Gasteiger partial charge in [-0.15, -0.1) is 0 Å². The number of hydrogen-bond donors (Lipinski definition) is 1. The topological polar surface area (TPSA) is 74.2 Å². The number of hydrogen-bond acceptors (Lipinski definition) is 5. The summed E-state index contributed by atoms with van der Waals surface area (Å²) >= 11 is 0. The first-order valence-electron chi connectivity index (χ1n) is 5.27. The zero-order chi connectivity index (χ0) is 11.4. The first kappa shape index (κ1) is 12.1. The van der Waals surface area contributed by atoms with Crippen LogP contribution >= 0.6 is 0 Å². The van der Waals surface area contributed by atoms with Crippen molar-refractivity contribution in [3.8, 4) is 0 Å². The number of aromatic nitrogens is 2. The average Bonchev–Trinajstić information content (AvgIpc) is 2.65. The standard InChI is InChI=1S/C10H19N3O2/c1-5-14-7(4)9-12-10(15-13-9)8(11)6(2)3/h6-8H,5,11H2,1-4H3/t7?,8-/m1/s1. The summed E-state index contributed by atoms with van der Waals surface area (Å²) in [6, 6.07) is -0.208. The van der Waals surface area contributed by atoms with E-state index in [9.17, 15) is 0 Å². The van der Waals surface area contributed by atoms with Crippen molar-refractivity contribution in [2.45, 2.75) is 39.8 Å². The smallest absolute Gasteiger partial charge is 0.243 e. The Labute approximate surface area is 90.0 Å². The van der Waals surface area contributed by atoms with Crippen LogP contribution in [-0.4, -0.2) is 16.7 Å². The van der Waals surface area contributed by atoms with Crippen LogP contribution in [-0.2, 0) is 4.74 Å². The molecule has 1 heterocycles. The second kappa shape index (κ2) is 5.23. The average molecular weight is 213 g/mol. The Bertz CT molecular complexity index is 299. The molecule has 2 atom stereocenters. The molecule has 1 rings (SSSR count). The lowest BCUT2D eigenvalue weighted by atomic mass is 10.1. The molecule has 0 fully saturated rings. The monoisotopic (exact) mass is 213 g/mol. The van der Waals surface area contributed by atoms with Gasteiger partial charge >= 0.3 is 0 Å². The molecule has 86 valence electrons. The summed E-state index contributed by atoms with van der Waals surface area (Å²) in [7, 11) is 0. The highest BCUT2D eigenvalue weighted by atomic mass is 16.5. The molecule has 0 aliphatic heterocycles. The predicted molar refractivity (Wildman–Crippen MR) is 56.1 cm³/mol. The Kier molecular flexibility index (Phi) is 4.23. The zero-order valence-electron chi connectivity index (χ0n) is 9.73. The molecular formula is C10H19N3O2. The second-order valence-corrected chi connectivity index (χ2v) is 3.86. The molecular weight excluding hydrogens is 194 g/mol. The maximum atomic E-state index is 5.89. The van der Waals surface area contributed by atoms with Crippen molar-refractivity contribution in [3.05, 3.63) is 11.7 Å². The van der Waals surface area contributed by atoms with Gasteiger partial charge < -0.3 is 15.0 Å². The molecule has 0 saturated carbocycles. The van der Waals surface area contributed by atoms with Crippen LogP contribution in [0.25, 0.3) is 0 Å². The van der Waals surface area contributed by atoms with E-state index in [1.165, 1.54) is 0 Å². The Balaban J connectivity index is 2.71. The van der Waals surface area contributed by atoms with Gasteiger partial charge in [-0.05, 0) is 19.8 Å². The van der Waals surface area contributed by atoms with E-state index in [0.29, 0.717) is 18.3 Å². The highest BCUT2D eigenvalue weighted by Crippen LogP contribution is 2.19. The van der Waals surface area contributed by atoms with Crippen molar-refractivity contribution in [2.75, 3.05) is 6.61 Å². The molecule has 0 saturated heterocycles. The molecule has 0 aliphatic carbocycles. The maximum absolute atomic E-state index is 5.89. The van der Waals surface area contributed by atoms with Gasteiger partial charge in [0, 0.05) is 6.61 Å². The predicted octanol–water partition coefficient (Wildman–Crippen LogP) is 1.82. The summed E-state index contributed by atoms with van der Waals surface area (Å²) in [5.74, 6) is 1.32. The molecule has 1 unspecified atom stereocenters. The molecule has 15 heavy (non-hydrogen) atoms. The SMILES string of the molecule is CCOC(C)c1noc([C@H](N)C(C)C)n1. The minimum absolute atomic E-state index is 0.146. The van der Waals surface area contributed by atoms with E-state index in [1.54, 1.807) is 0 Å². The lowest BCUT2D eigenvalue weighted by Crippen LogP contribution is -2.17. The van der Waals surface area contributed by atoms with Gasteiger partial charge in [0.1, 0.15) is 6.10 Å². The van der Waals surface area contributed by atoms with Gasteiger partial charge in [-0.1, -0.05) is 19.0 Å². The van der Waals surface area contributed by atoms with E-state index in [1.807, 2.05) is 27.7 Å². The van der Waals surface area contributed by atoms with Crippen LogP contribution in [0, 0.1) is 5.92 Å². The maximum Gasteiger partial charge on any atom is 0.243 e. The van der Waals surface area contributed by atoms with Crippen LogP contribution in [0.4, 0.5) is 0 Å². The lowest BCUT2D eigenvalue weighted by molar-refractivity contribution is 0.0683. The van der Waals surface area contributed by atoms with Crippen LogP contribution in [0.2, 0.25) is 0 Å². The van der Waals surface area contributed by atoms with Crippen molar-refractivity contribution in [1.29, 1.82) is 0 Å². The quantitative estimate of drug-likeness (QED) is 0.807. The van der Waals surface area contributed by atoms with Gasteiger partial charge in [0.25, 0.3) is 0 Å². The molecule has 0 bridgehead atoms. The van der Waals surface area contributed by atoms with Gasteiger partial charge in [0.05, 0.1) is 6.04 Å². The third-order valence-corrected chi connectivity index (χ3v) is 2.24. The van der Waals surface area contributed by atoms with Gasteiger partial charge in [0.15, 0.2) is 5.82 Å². The van der Waals surface area contributed by atoms with Crippen LogP contribution in [0.5, 0.6) is 0 Å². The van der Waals surface area contributed by atoms with E-state index in [2.05, 4.69) is 10.1 Å². The molecule has 1 aromatic heterocycles. The molecule has 2 N–H and O–H groups in total. The molecule has 0 amide bonds. The van der Waals surface area contributed by atoms with E-state index >= 15 is 0 Å². The molecule has 1 aromatic rings. The summed E-state index contributed by atoms with van der Waals surface area (Å²) in [6.45, 7) is 8.47. The Hall–Kier alpha value is -0.940. The Morgan fingerprint density at radius 3 is 2.60 bits per heavy atom. The first-order valence-corrected chi connectivity index (χ1v) is 5.27. The van der Waals surface area contributed by atoms with E-state index in [4.69, 9.17) is 15.0 Å². The fraction of sp³-hybridized carbons (Fsp3) is 0.800. The van der Waals surface area contributed by atoms with Crippen LogP contribution < -0.4 is 5.73 Å². The molecule has 5 nitrogen and oxygen atoms in total. The largest absolute Gasteiger partial charge is 0.371 e. The van der Waals surface area contributed by atoms with Crippen molar-refractivity contribution in [2.24, 2.45) is 11.7 Å². The van der Waals surface area contributed by atoms with E-state index in [-0.39, 0.29) is 18.1 Å². The summed E-state index contributed by atoms with van der Waals surface area (Å²) < 4.78 is 10.4. The molecule has 0 aliphatic rings. The summed E-state index contributed by atoms with van der Waals surface area (Å²) in [5.41, 5.74) is 5.89. The molecule has 0 radical (unpaired) electrons. The number of nitrogens with two attached hydrogens (primary N) is 1. The van der Waals surface area contributed by atoms with Gasteiger partial charge in [-0.25, -0.2) is 0 Å². The van der Waals surface area contributed by atoms with Crippen LogP contribution in [0.1, 0.15) is 51.6 Å². The molecule has 5 heteroatoms. The zero-order valence-corrected chi connectivity index (χ0v) is 9.73. The van der Waals surface area contributed by atoms with Crippen molar-refractivity contribution in [1.82, 2.24) is 10.1 Å². The summed E-state index contributed by atoms with van der Waals surface area (Å²) in [6.07, 6.45) is -0.146.